The summed E-state index contributed by atoms with van der Waals surface area (Å²) in [5.41, 5.74) is 4.18. The number of morpholine rings is 1. The Morgan fingerprint density at radius 3 is 2.67 bits per heavy atom. The SMILES string of the molecule is CN=C(NCc1ccc(C)cc1C)NCC1(N2CCOCC2)CCSC1.I. The molecule has 0 saturated carbocycles. The molecule has 2 heterocycles. The minimum absolute atomic E-state index is 0. The maximum Gasteiger partial charge on any atom is 0.191 e. The van der Waals surface area contributed by atoms with Crippen LogP contribution in [0.4, 0.5) is 0 Å². The van der Waals surface area contributed by atoms with Gasteiger partial charge in [0.1, 0.15) is 0 Å². The van der Waals surface area contributed by atoms with Crippen LogP contribution >= 0.6 is 35.7 Å². The lowest BCUT2D eigenvalue weighted by atomic mass is 9.95. The molecule has 0 spiro atoms. The number of nitrogens with zero attached hydrogens (tertiary/aromatic N) is 2. The van der Waals surface area contributed by atoms with E-state index in [1.54, 1.807) is 0 Å². The van der Waals surface area contributed by atoms with Gasteiger partial charge in [-0.05, 0) is 37.1 Å². The van der Waals surface area contributed by atoms with Crippen LogP contribution in [0.1, 0.15) is 23.1 Å². The second-order valence-corrected chi connectivity index (χ2v) is 8.44. The van der Waals surface area contributed by atoms with Crippen molar-refractivity contribution in [2.24, 2.45) is 4.99 Å². The fourth-order valence-corrected chi connectivity index (χ4v) is 5.30. The van der Waals surface area contributed by atoms with E-state index < -0.39 is 0 Å². The smallest absolute Gasteiger partial charge is 0.191 e. The Labute approximate surface area is 185 Å². The molecule has 0 aliphatic carbocycles. The van der Waals surface area contributed by atoms with Gasteiger partial charge in [0, 0.05) is 44.5 Å². The lowest BCUT2D eigenvalue weighted by Crippen LogP contribution is -2.60. The molecule has 1 atom stereocenters. The highest BCUT2D eigenvalue weighted by Gasteiger charge is 2.40. The summed E-state index contributed by atoms with van der Waals surface area (Å²) in [6.45, 7) is 9.82. The molecule has 3 rings (SSSR count). The molecule has 0 bridgehead atoms. The van der Waals surface area contributed by atoms with Crippen LogP contribution in [-0.4, -0.2) is 67.8 Å². The Morgan fingerprint density at radius 2 is 2.04 bits per heavy atom. The van der Waals surface area contributed by atoms with Crippen LogP contribution in [0.25, 0.3) is 0 Å². The van der Waals surface area contributed by atoms with E-state index >= 15 is 0 Å². The largest absolute Gasteiger partial charge is 0.379 e. The minimum Gasteiger partial charge on any atom is -0.379 e. The molecule has 1 aromatic rings. The highest BCUT2D eigenvalue weighted by atomic mass is 127. The van der Waals surface area contributed by atoms with E-state index in [4.69, 9.17) is 4.74 Å². The number of ether oxygens (including phenoxy) is 1. The van der Waals surface area contributed by atoms with Crippen LogP contribution in [-0.2, 0) is 11.3 Å². The monoisotopic (exact) mass is 504 g/mol. The van der Waals surface area contributed by atoms with Crippen molar-refractivity contribution in [1.82, 2.24) is 15.5 Å². The number of aryl methyl sites for hydroxylation is 2. The molecule has 2 aliphatic heterocycles. The molecule has 2 fully saturated rings. The fourth-order valence-electron chi connectivity index (χ4n) is 3.83. The topological polar surface area (TPSA) is 48.9 Å². The van der Waals surface area contributed by atoms with Gasteiger partial charge in [0.15, 0.2) is 5.96 Å². The summed E-state index contributed by atoms with van der Waals surface area (Å²) >= 11 is 2.06. The van der Waals surface area contributed by atoms with E-state index in [2.05, 4.69) is 64.3 Å². The van der Waals surface area contributed by atoms with Crippen molar-refractivity contribution in [3.05, 3.63) is 34.9 Å². The molecule has 27 heavy (non-hydrogen) atoms. The Balaban J connectivity index is 0.00000261. The Hall–Kier alpha value is -0.510. The van der Waals surface area contributed by atoms with Crippen LogP contribution in [0.15, 0.2) is 23.2 Å². The third kappa shape index (κ3) is 5.98. The first kappa shape index (κ1) is 22.8. The quantitative estimate of drug-likeness (QED) is 0.367. The van der Waals surface area contributed by atoms with Crippen LogP contribution < -0.4 is 10.6 Å². The summed E-state index contributed by atoms with van der Waals surface area (Å²) in [6, 6.07) is 6.60. The molecule has 0 radical (unpaired) electrons. The van der Waals surface area contributed by atoms with E-state index in [-0.39, 0.29) is 29.5 Å². The average Bonchev–Trinajstić information content (AvgIpc) is 3.14. The van der Waals surface area contributed by atoms with Crippen molar-refractivity contribution < 1.29 is 4.74 Å². The molecule has 5 nitrogen and oxygen atoms in total. The van der Waals surface area contributed by atoms with Gasteiger partial charge in [0.2, 0.25) is 0 Å². The zero-order valence-corrected chi connectivity index (χ0v) is 19.9. The number of benzene rings is 1. The predicted molar refractivity (Wildman–Crippen MR) is 127 cm³/mol. The zero-order valence-electron chi connectivity index (χ0n) is 16.7. The first-order valence-corrected chi connectivity index (χ1v) is 10.7. The van der Waals surface area contributed by atoms with E-state index in [0.717, 1.165) is 45.4 Å². The number of nitrogens with one attached hydrogen (secondary N) is 2. The summed E-state index contributed by atoms with van der Waals surface area (Å²) in [5, 5.41) is 7.07. The molecule has 7 heteroatoms. The number of hydrogen-bond acceptors (Lipinski definition) is 4. The molecule has 2 saturated heterocycles. The molecule has 2 aliphatic rings. The van der Waals surface area contributed by atoms with Crippen molar-refractivity contribution in [2.45, 2.75) is 32.4 Å². The lowest BCUT2D eigenvalue weighted by molar-refractivity contribution is -0.0120. The van der Waals surface area contributed by atoms with E-state index in [0.29, 0.717) is 0 Å². The molecular formula is C20H33IN4OS. The second kappa shape index (κ2) is 10.9. The number of hydrogen-bond donors (Lipinski definition) is 2. The molecule has 152 valence electrons. The molecule has 2 N–H and O–H groups in total. The average molecular weight is 504 g/mol. The number of rotatable bonds is 5. The van der Waals surface area contributed by atoms with Crippen molar-refractivity contribution in [2.75, 3.05) is 51.4 Å². The summed E-state index contributed by atoms with van der Waals surface area (Å²) in [5.74, 6) is 3.32. The summed E-state index contributed by atoms with van der Waals surface area (Å²) in [4.78, 5) is 7.06. The van der Waals surface area contributed by atoms with Gasteiger partial charge in [-0.1, -0.05) is 23.8 Å². The molecule has 1 unspecified atom stereocenters. The van der Waals surface area contributed by atoms with Crippen molar-refractivity contribution >= 4 is 41.7 Å². The van der Waals surface area contributed by atoms with Crippen molar-refractivity contribution in [3.8, 4) is 0 Å². The minimum atomic E-state index is 0. The van der Waals surface area contributed by atoms with Crippen molar-refractivity contribution in [1.29, 1.82) is 0 Å². The maximum atomic E-state index is 5.55. The normalized spacial score (nSPS) is 23.7. The Kier molecular flexibility index (Phi) is 9.18. The van der Waals surface area contributed by atoms with Crippen LogP contribution in [0.2, 0.25) is 0 Å². The Bertz CT molecular complexity index is 628. The van der Waals surface area contributed by atoms with Gasteiger partial charge < -0.3 is 15.4 Å². The third-order valence-corrected chi connectivity index (χ3v) is 6.75. The fraction of sp³-hybridized carbons (Fsp3) is 0.650. The molecule has 0 aromatic heterocycles. The number of aliphatic imine (C=N–C) groups is 1. The van der Waals surface area contributed by atoms with Crippen LogP contribution in [0, 0.1) is 13.8 Å². The van der Waals surface area contributed by atoms with Gasteiger partial charge in [0.05, 0.1) is 13.2 Å². The summed E-state index contributed by atoms with van der Waals surface area (Å²) in [6.07, 6.45) is 1.23. The van der Waals surface area contributed by atoms with Gasteiger partial charge in [0.25, 0.3) is 0 Å². The zero-order chi connectivity index (χ0) is 18.4. The third-order valence-electron chi connectivity index (χ3n) is 5.52. The first-order chi connectivity index (χ1) is 12.6. The Morgan fingerprint density at radius 1 is 1.26 bits per heavy atom. The van der Waals surface area contributed by atoms with Gasteiger partial charge in [-0.2, -0.15) is 11.8 Å². The van der Waals surface area contributed by atoms with Gasteiger partial charge >= 0.3 is 0 Å². The van der Waals surface area contributed by atoms with Crippen molar-refractivity contribution in [3.63, 3.8) is 0 Å². The van der Waals surface area contributed by atoms with E-state index in [9.17, 15) is 0 Å². The van der Waals surface area contributed by atoms with E-state index in [1.807, 2.05) is 7.05 Å². The first-order valence-electron chi connectivity index (χ1n) is 9.54. The van der Waals surface area contributed by atoms with Crippen LogP contribution in [0.5, 0.6) is 0 Å². The van der Waals surface area contributed by atoms with E-state index in [1.165, 1.54) is 34.6 Å². The second-order valence-electron chi connectivity index (χ2n) is 7.34. The molecular weight excluding hydrogens is 471 g/mol. The number of halogens is 1. The van der Waals surface area contributed by atoms with Gasteiger partial charge in [-0.15, -0.1) is 24.0 Å². The lowest BCUT2D eigenvalue weighted by Gasteiger charge is -2.43. The van der Waals surface area contributed by atoms with Gasteiger partial charge in [-0.25, -0.2) is 0 Å². The summed E-state index contributed by atoms with van der Waals surface area (Å²) in [7, 11) is 1.85. The van der Waals surface area contributed by atoms with Gasteiger partial charge in [-0.3, -0.25) is 9.89 Å². The number of guanidine groups is 1. The molecule has 0 amide bonds. The highest BCUT2D eigenvalue weighted by Crippen LogP contribution is 2.33. The molecule has 1 aromatic carbocycles. The standard InChI is InChI=1S/C20H32N4OS.HI/c1-16-4-5-18(17(2)12-16)13-22-19(21-3)23-14-20(6-11-26-15-20)24-7-9-25-10-8-24;/h4-5,12H,6-11,13-15H2,1-3H3,(H2,21,22,23);1H. The van der Waals surface area contributed by atoms with Crippen LogP contribution in [0.3, 0.4) is 0 Å². The maximum absolute atomic E-state index is 5.55. The number of thioether (sulfide) groups is 1. The highest BCUT2D eigenvalue weighted by molar-refractivity contribution is 14.0. The summed E-state index contributed by atoms with van der Waals surface area (Å²) < 4.78 is 5.55. The predicted octanol–water partition coefficient (Wildman–Crippen LogP) is 2.79.